The van der Waals surface area contributed by atoms with Gasteiger partial charge >= 0.3 is 11.9 Å². The second-order valence-corrected chi connectivity index (χ2v) is 8.79. The van der Waals surface area contributed by atoms with Gasteiger partial charge in [0.05, 0.1) is 13.2 Å². The van der Waals surface area contributed by atoms with Gasteiger partial charge in [-0.05, 0) is 54.8 Å². The molecule has 0 radical (unpaired) electrons. The van der Waals surface area contributed by atoms with Crippen LogP contribution in [0, 0.1) is 13.8 Å². The number of aliphatic hydroxyl groups is 2. The molecule has 2 aromatic carbocycles. The molecule has 0 aliphatic rings. The van der Waals surface area contributed by atoms with E-state index in [2.05, 4.69) is 5.10 Å². The second kappa shape index (κ2) is 10.8. The van der Waals surface area contributed by atoms with Crippen LogP contribution in [0.3, 0.4) is 0 Å². The van der Waals surface area contributed by atoms with Crippen LogP contribution in [0.2, 0.25) is 5.02 Å². The average Bonchev–Trinajstić information content (AvgIpc) is 3.09. The fourth-order valence-corrected chi connectivity index (χ4v) is 3.92. The highest BCUT2D eigenvalue weighted by Gasteiger charge is 2.39. The number of alkyl halides is 3. The van der Waals surface area contributed by atoms with E-state index in [0.717, 1.165) is 21.4 Å². The zero-order valence-corrected chi connectivity index (χ0v) is 19.8. The molecule has 0 spiro atoms. The van der Waals surface area contributed by atoms with E-state index in [9.17, 15) is 33.0 Å². The summed E-state index contributed by atoms with van der Waals surface area (Å²) in [7, 11) is 0. The number of hydrogen-bond donors (Lipinski definition) is 2. The number of aryl methyl sites for hydroxylation is 1. The number of benzene rings is 2. The number of carbonyl (C=O) groups excluding carboxylic acids is 1. The summed E-state index contributed by atoms with van der Waals surface area (Å²) in [6, 6.07) is 11.4. The predicted octanol–water partition coefficient (Wildman–Crippen LogP) is 3.64. The molecule has 0 aliphatic carbocycles. The molecule has 0 aliphatic heterocycles. The van der Waals surface area contributed by atoms with Crippen LogP contribution in [-0.4, -0.2) is 49.2 Å². The SMILES string of the molecule is Cc1cccc([C@H](CO)CC(=O)Cn2nc(-c3ccc(Cl)cc3)n(C[C@H](O)C(F)(F)F)c2=O)c1C. The molecule has 1 heterocycles. The number of carbonyl (C=O) groups is 1. The summed E-state index contributed by atoms with van der Waals surface area (Å²) >= 11 is 5.87. The Labute approximate surface area is 204 Å². The highest BCUT2D eigenvalue weighted by atomic mass is 35.5. The zero-order valence-electron chi connectivity index (χ0n) is 19.1. The van der Waals surface area contributed by atoms with Crippen molar-refractivity contribution in [2.75, 3.05) is 6.61 Å². The van der Waals surface area contributed by atoms with Crippen molar-refractivity contribution in [3.05, 3.63) is 74.7 Å². The van der Waals surface area contributed by atoms with Gasteiger partial charge in [-0.15, -0.1) is 5.10 Å². The van der Waals surface area contributed by atoms with Gasteiger partial charge in [0.2, 0.25) is 0 Å². The van der Waals surface area contributed by atoms with Gasteiger partial charge in [-0.3, -0.25) is 9.36 Å². The summed E-state index contributed by atoms with van der Waals surface area (Å²) in [5.74, 6) is -1.09. The summed E-state index contributed by atoms with van der Waals surface area (Å²) in [6.07, 6.45) is -7.85. The van der Waals surface area contributed by atoms with Gasteiger partial charge in [0.15, 0.2) is 17.7 Å². The van der Waals surface area contributed by atoms with Crippen LogP contribution >= 0.6 is 11.6 Å². The van der Waals surface area contributed by atoms with Crippen LogP contribution in [0.5, 0.6) is 0 Å². The first-order valence-corrected chi connectivity index (χ1v) is 11.2. The van der Waals surface area contributed by atoms with E-state index < -0.39 is 42.8 Å². The Kier molecular flexibility index (Phi) is 8.19. The third-order valence-corrected chi connectivity index (χ3v) is 6.12. The van der Waals surface area contributed by atoms with Gasteiger partial charge < -0.3 is 10.2 Å². The summed E-state index contributed by atoms with van der Waals surface area (Å²) in [5.41, 5.74) is 2.05. The van der Waals surface area contributed by atoms with Gasteiger partial charge in [0.1, 0.15) is 6.54 Å². The number of aromatic nitrogens is 3. The predicted molar refractivity (Wildman–Crippen MR) is 124 cm³/mol. The molecule has 3 aromatic rings. The van der Waals surface area contributed by atoms with Crippen molar-refractivity contribution < 1.29 is 28.2 Å². The first kappa shape index (κ1) is 26.7. The van der Waals surface area contributed by atoms with Crippen LogP contribution in [-0.2, 0) is 17.9 Å². The minimum Gasteiger partial charge on any atom is -0.396 e. The third kappa shape index (κ3) is 6.19. The molecule has 0 fully saturated rings. The molecule has 35 heavy (non-hydrogen) atoms. The largest absolute Gasteiger partial charge is 0.416 e. The van der Waals surface area contributed by atoms with E-state index in [1.165, 1.54) is 24.3 Å². The highest BCUT2D eigenvalue weighted by molar-refractivity contribution is 6.30. The molecule has 188 valence electrons. The first-order valence-electron chi connectivity index (χ1n) is 10.8. The first-order chi connectivity index (χ1) is 16.4. The Bertz CT molecular complexity index is 1250. The molecule has 0 amide bonds. The normalized spacial score (nSPS) is 13.6. The average molecular weight is 512 g/mol. The number of Topliss-reactive ketones (excluding diaryl/α,β-unsaturated/α-hetero) is 1. The van der Waals surface area contributed by atoms with Crippen molar-refractivity contribution in [3.63, 3.8) is 0 Å². The Morgan fingerprint density at radius 2 is 1.80 bits per heavy atom. The molecular weight excluding hydrogens is 487 g/mol. The molecule has 1 aromatic heterocycles. The molecule has 0 unspecified atom stereocenters. The molecule has 0 bridgehead atoms. The topological polar surface area (TPSA) is 97.3 Å². The van der Waals surface area contributed by atoms with Crippen LogP contribution in [0.1, 0.15) is 29.0 Å². The number of hydrogen-bond acceptors (Lipinski definition) is 5. The second-order valence-electron chi connectivity index (χ2n) is 8.35. The quantitative estimate of drug-likeness (QED) is 0.457. The molecule has 2 N–H and O–H groups in total. The van der Waals surface area contributed by atoms with Crippen LogP contribution in [0.4, 0.5) is 13.2 Å². The Morgan fingerprint density at radius 1 is 1.14 bits per heavy atom. The standard InChI is InChI=1S/C24H25ClF3N3O4/c1-14-4-3-5-20(15(14)2)17(13-32)10-19(33)11-31-23(35)30(12-21(34)24(26,27)28)22(29-31)16-6-8-18(25)9-7-16/h3-9,17,21,32,34H,10-13H2,1-2H3/t17-,21-/m0/s1. The van der Waals surface area contributed by atoms with E-state index in [1.54, 1.807) is 0 Å². The summed E-state index contributed by atoms with van der Waals surface area (Å²) in [4.78, 5) is 25.7. The lowest BCUT2D eigenvalue weighted by atomic mass is 9.89. The van der Waals surface area contributed by atoms with Crippen LogP contribution < -0.4 is 5.69 Å². The van der Waals surface area contributed by atoms with Crippen molar-refractivity contribution in [2.45, 2.75) is 51.6 Å². The summed E-state index contributed by atoms with van der Waals surface area (Å²) < 4.78 is 40.4. The van der Waals surface area contributed by atoms with Crippen molar-refractivity contribution in [3.8, 4) is 11.4 Å². The Morgan fingerprint density at radius 3 is 2.40 bits per heavy atom. The molecule has 7 nitrogen and oxygen atoms in total. The Balaban J connectivity index is 1.91. The van der Waals surface area contributed by atoms with Gasteiger partial charge in [-0.2, -0.15) is 13.2 Å². The minimum atomic E-state index is -4.95. The van der Waals surface area contributed by atoms with E-state index in [4.69, 9.17) is 11.6 Å². The third-order valence-electron chi connectivity index (χ3n) is 5.87. The zero-order chi connectivity index (χ0) is 25.9. The van der Waals surface area contributed by atoms with Gasteiger partial charge in [-0.25, -0.2) is 9.48 Å². The molecule has 0 saturated carbocycles. The maximum atomic E-state index is 13.0. The van der Waals surface area contributed by atoms with Crippen molar-refractivity contribution in [2.24, 2.45) is 0 Å². The molecule has 3 rings (SSSR count). The van der Waals surface area contributed by atoms with E-state index >= 15 is 0 Å². The molecule has 11 heteroatoms. The number of halogens is 4. The van der Waals surface area contributed by atoms with Crippen LogP contribution in [0.25, 0.3) is 11.4 Å². The van der Waals surface area contributed by atoms with E-state index in [-0.39, 0.29) is 24.4 Å². The number of ketones is 1. The number of rotatable bonds is 9. The van der Waals surface area contributed by atoms with Gasteiger partial charge in [0, 0.05) is 22.9 Å². The smallest absolute Gasteiger partial charge is 0.396 e. The lowest BCUT2D eigenvalue weighted by Crippen LogP contribution is -2.37. The van der Waals surface area contributed by atoms with Crippen molar-refractivity contribution >= 4 is 17.4 Å². The lowest BCUT2D eigenvalue weighted by Gasteiger charge is -2.17. The van der Waals surface area contributed by atoms with Gasteiger partial charge in [-0.1, -0.05) is 29.8 Å². The number of aliphatic hydroxyl groups excluding tert-OH is 2. The maximum Gasteiger partial charge on any atom is 0.416 e. The molecule has 0 saturated heterocycles. The monoisotopic (exact) mass is 511 g/mol. The van der Waals surface area contributed by atoms with E-state index in [0.29, 0.717) is 9.59 Å². The maximum absolute atomic E-state index is 13.0. The van der Waals surface area contributed by atoms with Crippen LogP contribution in [0.15, 0.2) is 47.3 Å². The lowest BCUT2D eigenvalue weighted by molar-refractivity contribution is -0.207. The summed E-state index contributed by atoms with van der Waals surface area (Å²) in [6.45, 7) is 1.91. The number of nitrogens with zero attached hydrogens (tertiary/aromatic N) is 3. The van der Waals surface area contributed by atoms with Crippen molar-refractivity contribution in [1.29, 1.82) is 0 Å². The Hall–Kier alpha value is -2.95. The highest BCUT2D eigenvalue weighted by Crippen LogP contribution is 2.26. The molecule has 2 atom stereocenters. The summed E-state index contributed by atoms with van der Waals surface area (Å²) in [5, 5.41) is 23.9. The minimum absolute atomic E-state index is 0.0957. The fraction of sp³-hybridized carbons (Fsp3) is 0.375. The fourth-order valence-electron chi connectivity index (χ4n) is 3.79. The van der Waals surface area contributed by atoms with Gasteiger partial charge in [0.25, 0.3) is 0 Å². The molecular formula is C24H25ClF3N3O4. The van der Waals surface area contributed by atoms with Crippen molar-refractivity contribution in [1.82, 2.24) is 14.3 Å². The van der Waals surface area contributed by atoms with E-state index in [1.807, 2.05) is 32.0 Å².